The molecule has 0 aliphatic carbocycles. The lowest BCUT2D eigenvalue weighted by atomic mass is 10.0. The Hall–Kier alpha value is -2.90. The quantitative estimate of drug-likeness (QED) is 0.818. The molecular formula is C20H26N4O4. The van der Waals surface area contributed by atoms with Crippen LogP contribution in [0.3, 0.4) is 0 Å². The van der Waals surface area contributed by atoms with Gasteiger partial charge in [-0.1, -0.05) is 19.0 Å². The lowest BCUT2D eigenvalue weighted by Gasteiger charge is -2.33. The van der Waals surface area contributed by atoms with Crippen LogP contribution in [0.1, 0.15) is 48.8 Å². The Morgan fingerprint density at radius 2 is 1.93 bits per heavy atom. The predicted molar refractivity (Wildman–Crippen MR) is 102 cm³/mol. The fourth-order valence-electron chi connectivity index (χ4n) is 3.13. The topological polar surface area (TPSA) is 97.6 Å². The predicted octanol–water partition coefficient (Wildman–Crippen LogP) is 2.33. The molecule has 1 aliphatic rings. The van der Waals surface area contributed by atoms with Crippen LogP contribution in [0.25, 0.3) is 0 Å². The zero-order valence-electron chi connectivity index (χ0n) is 16.5. The van der Waals surface area contributed by atoms with Gasteiger partial charge in [0, 0.05) is 37.5 Å². The minimum Gasteiger partial charge on any atom is -0.485 e. The lowest BCUT2D eigenvalue weighted by Crippen LogP contribution is -2.47. The van der Waals surface area contributed by atoms with Crippen molar-refractivity contribution in [2.45, 2.75) is 46.3 Å². The molecule has 8 nitrogen and oxygen atoms in total. The molecule has 0 spiro atoms. The monoisotopic (exact) mass is 386 g/mol. The Morgan fingerprint density at radius 1 is 1.25 bits per heavy atom. The van der Waals surface area contributed by atoms with Crippen LogP contribution < -0.4 is 10.1 Å². The van der Waals surface area contributed by atoms with E-state index in [1.165, 1.54) is 0 Å². The molecule has 1 aliphatic heterocycles. The molecule has 0 unspecified atom stereocenters. The molecule has 1 fully saturated rings. The van der Waals surface area contributed by atoms with Crippen LogP contribution in [0.5, 0.6) is 5.75 Å². The van der Waals surface area contributed by atoms with Crippen LogP contribution in [0.2, 0.25) is 0 Å². The number of nitrogens with one attached hydrogen (secondary N) is 1. The first-order valence-electron chi connectivity index (χ1n) is 9.54. The number of ether oxygens (including phenoxy) is 1. The zero-order chi connectivity index (χ0) is 20.1. The Labute approximate surface area is 164 Å². The number of likely N-dealkylation sites (tertiary alicyclic amines) is 1. The van der Waals surface area contributed by atoms with E-state index in [9.17, 15) is 9.59 Å². The first-order chi connectivity index (χ1) is 13.4. The van der Waals surface area contributed by atoms with Crippen molar-refractivity contribution in [2.75, 3.05) is 13.1 Å². The fraction of sp³-hybridized carbons (Fsp3) is 0.500. The number of nitrogens with zero attached hydrogens (tertiary/aromatic N) is 3. The van der Waals surface area contributed by atoms with Gasteiger partial charge < -0.3 is 19.5 Å². The van der Waals surface area contributed by atoms with Crippen LogP contribution in [0.15, 0.2) is 28.8 Å². The Morgan fingerprint density at radius 3 is 2.50 bits per heavy atom. The largest absolute Gasteiger partial charge is 0.485 e. The molecular weight excluding hydrogens is 360 g/mol. The second-order valence-electron chi connectivity index (χ2n) is 7.27. The highest BCUT2D eigenvalue weighted by molar-refractivity contribution is 5.94. The van der Waals surface area contributed by atoms with Gasteiger partial charge in [-0.3, -0.25) is 9.59 Å². The van der Waals surface area contributed by atoms with E-state index < -0.39 is 0 Å². The van der Waals surface area contributed by atoms with Gasteiger partial charge in [-0.15, -0.1) is 0 Å². The van der Waals surface area contributed by atoms with Crippen molar-refractivity contribution in [3.05, 3.63) is 41.5 Å². The summed E-state index contributed by atoms with van der Waals surface area (Å²) in [5.74, 6) is 1.66. The van der Waals surface area contributed by atoms with Gasteiger partial charge in [0.1, 0.15) is 5.75 Å². The summed E-state index contributed by atoms with van der Waals surface area (Å²) in [5.41, 5.74) is 0.573. The number of aromatic nitrogens is 2. The molecule has 1 saturated heterocycles. The van der Waals surface area contributed by atoms with Crippen molar-refractivity contribution in [2.24, 2.45) is 5.92 Å². The fourth-order valence-corrected chi connectivity index (χ4v) is 3.13. The normalized spacial score (nSPS) is 14.9. The molecule has 2 heterocycles. The summed E-state index contributed by atoms with van der Waals surface area (Å²) < 4.78 is 10.5. The van der Waals surface area contributed by atoms with Crippen molar-refractivity contribution in [1.82, 2.24) is 20.4 Å². The Bertz CT molecular complexity index is 808. The van der Waals surface area contributed by atoms with Crippen LogP contribution in [0.4, 0.5) is 0 Å². The van der Waals surface area contributed by atoms with E-state index in [-0.39, 0.29) is 30.4 Å². The Kier molecular flexibility index (Phi) is 6.28. The summed E-state index contributed by atoms with van der Waals surface area (Å²) in [6.07, 6.45) is 1.55. The molecule has 2 amide bonds. The van der Waals surface area contributed by atoms with E-state index in [1.54, 1.807) is 31.2 Å². The van der Waals surface area contributed by atoms with Gasteiger partial charge in [0.15, 0.2) is 6.61 Å². The van der Waals surface area contributed by atoms with Gasteiger partial charge in [0.25, 0.3) is 5.91 Å². The number of carbonyl (C=O) groups excluding carboxylic acids is 2. The molecule has 150 valence electrons. The Balaban J connectivity index is 1.46. The number of piperidine rings is 1. The molecule has 0 radical (unpaired) electrons. The highest BCUT2D eigenvalue weighted by Gasteiger charge is 2.25. The smallest absolute Gasteiger partial charge is 0.251 e. The molecule has 1 aromatic heterocycles. The third-order valence-electron chi connectivity index (χ3n) is 4.69. The maximum absolute atomic E-state index is 12.5. The van der Waals surface area contributed by atoms with E-state index in [4.69, 9.17) is 9.26 Å². The molecule has 28 heavy (non-hydrogen) atoms. The number of hydrogen-bond acceptors (Lipinski definition) is 6. The third-order valence-corrected chi connectivity index (χ3v) is 4.69. The van der Waals surface area contributed by atoms with Crippen LogP contribution in [-0.2, 0) is 11.4 Å². The first kappa shape index (κ1) is 19.9. The van der Waals surface area contributed by atoms with Crippen molar-refractivity contribution < 1.29 is 18.8 Å². The van der Waals surface area contributed by atoms with E-state index in [2.05, 4.69) is 15.5 Å². The highest BCUT2D eigenvalue weighted by atomic mass is 16.5. The molecule has 1 aromatic carbocycles. The minimum absolute atomic E-state index is 0.0102. The zero-order valence-corrected chi connectivity index (χ0v) is 16.5. The SMILES string of the molecule is Cc1nc(COc2ccc(C(=O)NC3CCN(C(=O)C(C)C)CC3)cc2)no1. The molecule has 0 saturated carbocycles. The van der Waals surface area contributed by atoms with Gasteiger partial charge in [0.05, 0.1) is 0 Å². The summed E-state index contributed by atoms with van der Waals surface area (Å²) in [5, 5.41) is 6.82. The second kappa shape index (κ2) is 8.86. The van der Waals surface area contributed by atoms with Crippen molar-refractivity contribution in [1.29, 1.82) is 0 Å². The molecule has 0 atom stereocenters. The van der Waals surface area contributed by atoms with Gasteiger partial charge in [-0.05, 0) is 37.1 Å². The summed E-state index contributed by atoms with van der Waals surface area (Å²) in [7, 11) is 0. The average Bonchev–Trinajstić information content (AvgIpc) is 3.12. The van der Waals surface area contributed by atoms with Gasteiger partial charge in [-0.25, -0.2) is 0 Å². The standard InChI is InChI=1S/C20H26N4O4/c1-13(2)20(26)24-10-8-16(9-11-24)22-19(25)15-4-6-17(7-5-15)27-12-18-21-14(3)28-23-18/h4-7,13,16H,8-12H2,1-3H3,(H,22,25). The number of benzene rings is 1. The summed E-state index contributed by atoms with van der Waals surface area (Å²) in [6, 6.07) is 7.02. The first-order valence-corrected chi connectivity index (χ1v) is 9.54. The van der Waals surface area contributed by atoms with Crippen LogP contribution in [-0.4, -0.2) is 46.0 Å². The van der Waals surface area contributed by atoms with Crippen molar-refractivity contribution >= 4 is 11.8 Å². The number of carbonyl (C=O) groups is 2. The third kappa shape index (κ3) is 5.09. The van der Waals surface area contributed by atoms with Gasteiger partial charge in [-0.2, -0.15) is 4.98 Å². The number of rotatable bonds is 6. The van der Waals surface area contributed by atoms with Gasteiger partial charge in [0.2, 0.25) is 17.6 Å². The number of hydrogen-bond donors (Lipinski definition) is 1. The highest BCUT2D eigenvalue weighted by Crippen LogP contribution is 2.16. The second-order valence-corrected chi connectivity index (χ2v) is 7.27. The maximum Gasteiger partial charge on any atom is 0.251 e. The molecule has 8 heteroatoms. The van der Waals surface area contributed by atoms with E-state index in [0.717, 1.165) is 12.8 Å². The number of aryl methyl sites for hydroxylation is 1. The molecule has 3 rings (SSSR count). The molecule has 2 aromatic rings. The van der Waals surface area contributed by atoms with E-state index in [1.807, 2.05) is 18.7 Å². The number of amides is 2. The summed E-state index contributed by atoms with van der Waals surface area (Å²) in [4.78, 5) is 30.5. The van der Waals surface area contributed by atoms with Gasteiger partial charge >= 0.3 is 0 Å². The van der Waals surface area contributed by atoms with Crippen LogP contribution in [0, 0.1) is 12.8 Å². The van der Waals surface area contributed by atoms with Crippen LogP contribution >= 0.6 is 0 Å². The van der Waals surface area contributed by atoms with Crippen molar-refractivity contribution in [3.63, 3.8) is 0 Å². The summed E-state index contributed by atoms with van der Waals surface area (Å²) in [6.45, 7) is 7.11. The molecule has 0 bridgehead atoms. The summed E-state index contributed by atoms with van der Waals surface area (Å²) >= 11 is 0. The van der Waals surface area contributed by atoms with Crippen molar-refractivity contribution in [3.8, 4) is 5.75 Å². The average molecular weight is 386 g/mol. The van der Waals surface area contributed by atoms with E-state index in [0.29, 0.717) is 36.1 Å². The minimum atomic E-state index is -0.117. The molecule has 1 N–H and O–H groups in total. The lowest BCUT2D eigenvalue weighted by molar-refractivity contribution is -0.135. The maximum atomic E-state index is 12.5. The van der Waals surface area contributed by atoms with E-state index >= 15 is 0 Å².